The fraction of sp³-hybridized carbons (Fsp3) is 0.949. The molecular weight excluding hydrogens is 528 g/mol. The lowest BCUT2D eigenvalue weighted by molar-refractivity contribution is -0.129. The summed E-state index contributed by atoms with van der Waals surface area (Å²) in [6, 6.07) is -0.397. The van der Waals surface area contributed by atoms with Crippen molar-refractivity contribution in [2.24, 2.45) is 5.92 Å². The van der Waals surface area contributed by atoms with Gasteiger partial charge in [-0.15, -0.1) is 0 Å². The Kier molecular flexibility index (Phi) is 33.0. The third-order valence-corrected chi connectivity index (χ3v) is 8.95. The Balaban J connectivity index is 3.68. The van der Waals surface area contributed by atoms with Gasteiger partial charge in [0, 0.05) is 13.0 Å². The highest BCUT2D eigenvalue weighted by Crippen LogP contribution is 2.15. The van der Waals surface area contributed by atoms with Gasteiger partial charge >= 0.3 is 0 Å². The quantitative estimate of drug-likeness (QED) is 0.0716. The molecule has 0 heterocycles. The molecule has 43 heavy (non-hydrogen) atoms. The van der Waals surface area contributed by atoms with Crippen LogP contribution in [0.4, 0.5) is 0 Å². The average Bonchev–Trinajstić information content (AvgIpc) is 2.98. The number of hydrogen-bond donors (Lipinski definition) is 2. The number of hydrogen-bond acceptors (Lipinski definition) is 2. The first kappa shape index (κ1) is 41.9. The standard InChI is InChI=1S/C39H78N2O2/c1-5-7-9-11-13-15-16-17-18-19-20-21-22-23-24-25-27-29-31-33-38(42)41-37(35-36(3)4)39(43)40-34-32-30-28-26-14-12-10-8-6-2/h36-37H,5-35H2,1-4H3,(H,40,43)(H,41,42)/t37-/m0/s1. The minimum absolute atomic E-state index is 0.00483. The lowest BCUT2D eigenvalue weighted by atomic mass is 10.0. The van der Waals surface area contributed by atoms with E-state index in [-0.39, 0.29) is 11.8 Å². The number of unbranched alkanes of at least 4 members (excludes halogenated alkanes) is 26. The van der Waals surface area contributed by atoms with Gasteiger partial charge in [0.1, 0.15) is 6.04 Å². The third kappa shape index (κ3) is 32.2. The molecule has 0 saturated heterocycles. The molecule has 0 radical (unpaired) electrons. The molecule has 0 aliphatic heterocycles. The average molecular weight is 607 g/mol. The molecule has 0 aliphatic carbocycles. The van der Waals surface area contributed by atoms with Crippen molar-refractivity contribution in [2.45, 2.75) is 226 Å². The van der Waals surface area contributed by atoms with Gasteiger partial charge in [-0.25, -0.2) is 0 Å². The second-order valence-electron chi connectivity index (χ2n) is 14.0. The molecule has 0 aromatic carbocycles. The zero-order chi connectivity index (χ0) is 31.6. The molecule has 2 amide bonds. The predicted molar refractivity (Wildman–Crippen MR) is 190 cm³/mol. The summed E-state index contributed by atoms with van der Waals surface area (Å²) >= 11 is 0. The molecular formula is C39H78N2O2. The van der Waals surface area contributed by atoms with Crippen molar-refractivity contribution in [3.8, 4) is 0 Å². The maximum Gasteiger partial charge on any atom is 0.242 e. The molecule has 4 nitrogen and oxygen atoms in total. The van der Waals surface area contributed by atoms with Crippen LogP contribution in [-0.2, 0) is 9.59 Å². The van der Waals surface area contributed by atoms with E-state index in [0.29, 0.717) is 18.8 Å². The first-order chi connectivity index (χ1) is 21.0. The van der Waals surface area contributed by atoms with E-state index >= 15 is 0 Å². The first-order valence-electron chi connectivity index (χ1n) is 19.6. The van der Waals surface area contributed by atoms with E-state index in [1.165, 1.54) is 161 Å². The van der Waals surface area contributed by atoms with Gasteiger partial charge in [0.05, 0.1) is 0 Å². The summed E-state index contributed by atoms with van der Waals surface area (Å²) in [5.41, 5.74) is 0. The second-order valence-corrected chi connectivity index (χ2v) is 14.0. The summed E-state index contributed by atoms with van der Waals surface area (Å²) in [6.07, 6.45) is 38.5. The van der Waals surface area contributed by atoms with Crippen molar-refractivity contribution in [3.05, 3.63) is 0 Å². The summed E-state index contributed by atoms with van der Waals surface area (Å²) in [7, 11) is 0. The Labute approximate surface area is 270 Å². The van der Waals surface area contributed by atoms with Gasteiger partial charge in [0.15, 0.2) is 0 Å². The van der Waals surface area contributed by atoms with Gasteiger partial charge in [0.25, 0.3) is 0 Å². The largest absolute Gasteiger partial charge is 0.354 e. The molecule has 1 atom stereocenters. The Morgan fingerprint density at radius 2 is 0.791 bits per heavy atom. The van der Waals surface area contributed by atoms with E-state index in [2.05, 4.69) is 38.3 Å². The highest BCUT2D eigenvalue weighted by atomic mass is 16.2. The van der Waals surface area contributed by atoms with E-state index in [4.69, 9.17) is 0 Å². The minimum atomic E-state index is -0.397. The van der Waals surface area contributed by atoms with E-state index in [1.807, 2.05) is 0 Å². The fourth-order valence-electron chi connectivity index (χ4n) is 6.10. The van der Waals surface area contributed by atoms with Crippen LogP contribution < -0.4 is 10.6 Å². The van der Waals surface area contributed by atoms with Crippen LogP contribution in [-0.4, -0.2) is 24.4 Å². The lowest BCUT2D eigenvalue weighted by Gasteiger charge is -2.20. The molecule has 256 valence electrons. The molecule has 0 rings (SSSR count). The second kappa shape index (κ2) is 33.8. The number of carbonyl (C=O) groups is 2. The van der Waals surface area contributed by atoms with Gasteiger partial charge in [-0.05, 0) is 25.2 Å². The van der Waals surface area contributed by atoms with Crippen molar-refractivity contribution in [3.63, 3.8) is 0 Å². The van der Waals surface area contributed by atoms with Crippen LogP contribution in [0.25, 0.3) is 0 Å². The molecule has 0 unspecified atom stereocenters. The maximum absolute atomic E-state index is 12.8. The smallest absolute Gasteiger partial charge is 0.242 e. The van der Waals surface area contributed by atoms with Crippen molar-refractivity contribution in [1.82, 2.24) is 10.6 Å². The molecule has 0 spiro atoms. The van der Waals surface area contributed by atoms with Gasteiger partial charge in [-0.3, -0.25) is 9.59 Å². The Morgan fingerprint density at radius 3 is 1.14 bits per heavy atom. The maximum atomic E-state index is 12.8. The number of amides is 2. The van der Waals surface area contributed by atoms with Crippen molar-refractivity contribution in [2.75, 3.05) is 6.54 Å². The number of carbonyl (C=O) groups excluding carboxylic acids is 2. The zero-order valence-electron chi connectivity index (χ0n) is 29.9. The summed E-state index contributed by atoms with van der Waals surface area (Å²) < 4.78 is 0. The number of nitrogens with one attached hydrogen (secondary N) is 2. The van der Waals surface area contributed by atoms with Crippen LogP contribution in [0.3, 0.4) is 0 Å². The number of rotatable bonds is 34. The van der Waals surface area contributed by atoms with Gasteiger partial charge in [0.2, 0.25) is 11.8 Å². The fourth-order valence-corrected chi connectivity index (χ4v) is 6.10. The van der Waals surface area contributed by atoms with Crippen molar-refractivity contribution in [1.29, 1.82) is 0 Å². The monoisotopic (exact) mass is 607 g/mol. The minimum Gasteiger partial charge on any atom is -0.354 e. The van der Waals surface area contributed by atoms with Crippen LogP contribution >= 0.6 is 0 Å². The topological polar surface area (TPSA) is 58.2 Å². The third-order valence-electron chi connectivity index (χ3n) is 8.95. The highest BCUT2D eigenvalue weighted by Gasteiger charge is 2.21. The normalized spacial score (nSPS) is 12.1. The molecule has 0 fully saturated rings. The van der Waals surface area contributed by atoms with Crippen LogP contribution in [0.1, 0.15) is 220 Å². The zero-order valence-corrected chi connectivity index (χ0v) is 29.9. The predicted octanol–water partition coefficient (Wildman–Crippen LogP) is 12.0. The summed E-state index contributed by atoms with van der Waals surface area (Å²) in [4.78, 5) is 25.3. The van der Waals surface area contributed by atoms with Crippen molar-refractivity contribution < 1.29 is 9.59 Å². The van der Waals surface area contributed by atoms with Crippen molar-refractivity contribution >= 4 is 11.8 Å². The molecule has 4 heteroatoms. The summed E-state index contributed by atoms with van der Waals surface area (Å²) in [5.74, 6) is 0.407. The Hall–Kier alpha value is -1.06. The van der Waals surface area contributed by atoms with Gasteiger partial charge in [-0.1, -0.05) is 195 Å². The SMILES string of the molecule is CCCCCCCCCCCCCCCCCCCCCC(=O)N[C@@H](CC(C)C)C(=O)NCCCCCCCCCCC. The molecule has 0 aromatic rings. The molecule has 0 saturated carbocycles. The van der Waals surface area contributed by atoms with Crippen LogP contribution in [0.15, 0.2) is 0 Å². The van der Waals surface area contributed by atoms with E-state index in [0.717, 1.165) is 25.8 Å². The van der Waals surface area contributed by atoms with Gasteiger partial charge < -0.3 is 10.6 Å². The molecule has 0 aromatic heterocycles. The highest BCUT2D eigenvalue weighted by molar-refractivity contribution is 5.87. The van der Waals surface area contributed by atoms with Crippen LogP contribution in [0, 0.1) is 5.92 Å². The van der Waals surface area contributed by atoms with E-state index < -0.39 is 6.04 Å². The molecule has 0 aliphatic rings. The van der Waals surface area contributed by atoms with Crippen LogP contribution in [0.5, 0.6) is 0 Å². The van der Waals surface area contributed by atoms with Gasteiger partial charge in [-0.2, -0.15) is 0 Å². The first-order valence-corrected chi connectivity index (χ1v) is 19.6. The van der Waals surface area contributed by atoms with E-state index in [1.54, 1.807) is 0 Å². The Bertz CT molecular complexity index is 592. The Morgan fingerprint density at radius 1 is 0.465 bits per heavy atom. The molecule has 2 N–H and O–H groups in total. The van der Waals surface area contributed by atoms with E-state index in [9.17, 15) is 9.59 Å². The van der Waals surface area contributed by atoms with Crippen LogP contribution in [0.2, 0.25) is 0 Å². The summed E-state index contributed by atoms with van der Waals surface area (Å²) in [5, 5.41) is 6.13. The lowest BCUT2D eigenvalue weighted by Crippen LogP contribution is -2.47. The summed E-state index contributed by atoms with van der Waals surface area (Å²) in [6.45, 7) is 9.50. The molecule has 0 bridgehead atoms.